The van der Waals surface area contributed by atoms with Gasteiger partial charge in [-0.3, -0.25) is 0 Å². The van der Waals surface area contributed by atoms with Gasteiger partial charge in [-0.15, -0.1) is 8.78 Å². The maximum atomic E-state index is 13.0. The molecule has 2 aromatic carbocycles. The normalized spacial score (nSPS) is 14.3. The average molecular weight is 336 g/mol. The maximum Gasteiger partial charge on any atom is 0.586 e. The van der Waals surface area contributed by atoms with Crippen molar-refractivity contribution in [2.45, 2.75) is 12.7 Å². The Labute approximate surface area is 137 Å². The van der Waals surface area contributed by atoms with E-state index in [4.69, 9.17) is 12.2 Å². The highest BCUT2D eigenvalue weighted by Crippen LogP contribution is 2.42. The third-order valence-electron chi connectivity index (χ3n) is 3.20. The molecule has 1 heterocycles. The van der Waals surface area contributed by atoms with Crippen LogP contribution in [0.4, 0.5) is 14.5 Å². The Balaban J connectivity index is 1.51. The zero-order chi connectivity index (χ0) is 16.3. The summed E-state index contributed by atoms with van der Waals surface area (Å²) in [6.07, 6.45) is -2.79. The molecule has 0 amide bonds. The lowest BCUT2D eigenvalue weighted by Gasteiger charge is -2.11. The number of halogens is 2. The molecule has 2 aromatic rings. The largest absolute Gasteiger partial charge is 0.586 e. The number of anilines is 1. The summed E-state index contributed by atoms with van der Waals surface area (Å²) in [5, 5.41) is 6.40. The third kappa shape index (κ3) is 4.07. The van der Waals surface area contributed by atoms with E-state index in [0.29, 0.717) is 17.3 Å². The highest BCUT2D eigenvalue weighted by atomic mass is 32.1. The Morgan fingerprint density at radius 1 is 1.04 bits per heavy atom. The standard InChI is InChI=1S/C16H14F2N2O2S/c17-16(18)21-13-7-6-12(10-14(13)22-16)20-15(23)19-9-8-11-4-2-1-3-5-11/h1-7,10H,8-9H2,(H2,19,20,23). The number of benzene rings is 2. The van der Waals surface area contributed by atoms with Crippen LogP contribution in [0.15, 0.2) is 48.5 Å². The van der Waals surface area contributed by atoms with Crippen LogP contribution in [0.25, 0.3) is 0 Å². The van der Waals surface area contributed by atoms with Gasteiger partial charge in [0.25, 0.3) is 0 Å². The molecule has 23 heavy (non-hydrogen) atoms. The molecular formula is C16H14F2N2O2S. The van der Waals surface area contributed by atoms with E-state index in [1.54, 1.807) is 6.07 Å². The number of rotatable bonds is 4. The number of nitrogens with one attached hydrogen (secondary N) is 2. The number of hydrogen-bond acceptors (Lipinski definition) is 3. The summed E-state index contributed by atoms with van der Waals surface area (Å²) in [6, 6.07) is 14.4. The monoisotopic (exact) mass is 336 g/mol. The molecule has 0 saturated carbocycles. The van der Waals surface area contributed by atoms with Gasteiger partial charge in [-0.25, -0.2) is 0 Å². The van der Waals surface area contributed by atoms with Gasteiger partial charge in [-0.2, -0.15) is 0 Å². The minimum atomic E-state index is -3.62. The van der Waals surface area contributed by atoms with E-state index in [1.165, 1.54) is 17.7 Å². The summed E-state index contributed by atoms with van der Waals surface area (Å²) < 4.78 is 34.6. The van der Waals surface area contributed by atoms with E-state index in [0.717, 1.165) is 6.42 Å². The first-order valence-corrected chi connectivity index (χ1v) is 7.41. The van der Waals surface area contributed by atoms with Crippen molar-refractivity contribution in [1.82, 2.24) is 5.32 Å². The van der Waals surface area contributed by atoms with Gasteiger partial charge in [-0.05, 0) is 36.3 Å². The second-order valence-corrected chi connectivity index (χ2v) is 5.35. The van der Waals surface area contributed by atoms with E-state index in [-0.39, 0.29) is 11.5 Å². The van der Waals surface area contributed by atoms with Crippen molar-refractivity contribution in [2.24, 2.45) is 0 Å². The van der Waals surface area contributed by atoms with Gasteiger partial charge in [-0.1, -0.05) is 30.3 Å². The number of ether oxygens (including phenoxy) is 2. The number of hydrogen-bond donors (Lipinski definition) is 2. The second kappa shape index (κ2) is 6.37. The van der Waals surface area contributed by atoms with Gasteiger partial charge in [0.05, 0.1) is 0 Å². The van der Waals surface area contributed by atoms with Crippen molar-refractivity contribution < 1.29 is 18.3 Å². The van der Waals surface area contributed by atoms with Gasteiger partial charge < -0.3 is 20.1 Å². The van der Waals surface area contributed by atoms with Gasteiger partial charge >= 0.3 is 6.29 Å². The van der Waals surface area contributed by atoms with Crippen LogP contribution in [0, 0.1) is 0 Å². The summed E-state index contributed by atoms with van der Waals surface area (Å²) >= 11 is 5.18. The molecule has 0 unspecified atom stereocenters. The highest BCUT2D eigenvalue weighted by Gasteiger charge is 2.43. The molecule has 7 heteroatoms. The molecule has 0 aromatic heterocycles. The maximum absolute atomic E-state index is 13.0. The van der Waals surface area contributed by atoms with Crippen molar-refractivity contribution in [3.63, 3.8) is 0 Å². The minimum Gasteiger partial charge on any atom is -0.395 e. The number of alkyl halides is 2. The molecule has 0 fully saturated rings. The molecule has 0 bridgehead atoms. The molecule has 1 aliphatic heterocycles. The predicted molar refractivity (Wildman–Crippen MR) is 87.0 cm³/mol. The number of thiocarbonyl (C=S) groups is 1. The average Bonchev–Trinajstić information content (AvgIpc) is 2.81. The SMILES string of the molecule is FC1(F)Oc2ccc(NC(=S)NCCc3ccccc3)cc2O1. The topological polar surface area (TPSA) is 42.5 Å². The van der Waals surface area contributed by atoms with Gasteiger partial charge in [0, 0.05) is 18.3 Å². The van der Waals surface area contributed by atoms with Crippen LogP contribution in [0.1, 0.15) is 5.56 Å². The van der Waals surface area contributed by atoms with Crippen molar-refractivity contribution in [3.8, 4) is 11.5 Å². The predicted octanol–water partition coefficient (Wildman–Crippen LogP) is 3.54. The van der Waals surface area contributed by atoms with Crippen molar-refractivity contribution in [2.75, 3.05) is 11.9 Å². The zero-order valence-corrected chi connectivity index (χ0v) is 12.8. The molecular weight excluding hydrogens is 322 g/mol. The Bertz CT molecular complexity index is 710. The molecule has 0 atom stereocenters. The number of fused-ring (bicyclic) bond motifs is 1. The zero-order valence-electron chi connectivity index (χ0n) is 12.0. The minimum absolute atomic E-state index is 0.00325. The first-order valence-electron chi connectivity index (χ1n) is 7.00. The molecule has 2 N–H and O–H groups in total. The van der Waals surface area contributed by atoms with Crippen LogP contribution in [-0.4, -0.2) is 18.0 Å². The Kier molecular flexibility index (Phi) is 4.29. The van der Waals surface area contributed by atoms with Crippen molar-refractivity contribution >= 4 is 23.0 Å². The molecule has 120 valence electrons. The quantitative estimate of drug-likeness (QED) is 0.836. The molecule has 0 saturated heterocycles. The van der Waals surface area contributed by atoms with E-state index < -0.39 is 6.29 Å². The molecule has 4 nitrogen and oxygen atoms in total. The fourth-order valence-electron chi connectivity index (χ4n) is 2.17. The van der Waals surface area contributed by atoms with E-state index in [1.807, 2.05) is 30.3 Å². The fraction of sp³-hybridized carbons (Fsp3) is 0.188. The second-order valence-electron chi connectivity index (χ2n) is 4.95. The van der Waals surface area contributed by atoms with Gasteiger partial charge in [0.15, 0.2) is 16.6 Å². The first kappa shape index (κ1) is 15.5. The van der Waals surface area contributed by atoms with Crippen LogP contribution in [-0.2, 0) is 6.42 Å². The van der Waals surface area contributed by atoms with E-state index >= 15 is 0 Å². The Hall–Kier alpha value is -2.41. The summed E-state index contributed by atoms with van der Waals surface area (Å²) in [4.78, 5) is 0. The van der Waals surface area contributed by atoms with Crippen LogP contribution in [0.5, 0.6) is 11.5 Å². The summed E-state index contributed by atoms with van der Waals surface area (Å²) in [5.41, 5.74) is 1.75. The van der Waals surface area contributed by atoms with Crippen LogP contribution < -0.4 is 20.1 Å². The van der Waals surface area contributed by atoms with Crippen molar-refractivity contribution in [1.29, 1.82) is 0 Å². The van der Waals surface area contributed by atoms with Crippen LogP contribution >= 0.6 is 12.2 Å². The van der Waals surface area contributed by atoms with E-state index in [2.05, 4.69) is 20.1 Å². The first-order chi connectivity index (χ1) is 11.0. The van der Waals surface area contributed by atoms with Crippen LogP contribution in [0.3, 0.4) is 0 Å². The van der Waals surface area contributed by atoms with Crippen LogP contribution in [0.2, 0.25) is 0 Å². The molecule has 1 aliphatic rings. The lowest BCUT2D eigenvalue weighted by atomic mass is 10.1. The van der Waals surface area contributed by atoms with Gasteiger partial charge in [0.2, 0.25) is 0 Å². The molecule has 0 spiro atoms. The van der Waals surface area contributed by atoms with E-state index in [9.17, 15) is 8.78 Å². The molecule has 0 radical (unpaired) electrons. The van der Waals surface area contributed by atoms with Crippen molar-refractivity contribution in [3.05, 3.63) is 54.1 Å². The third-order valence-corrected chi connectivity index (χ3v) is 3.45. The summed E-state index contributed by atoms with van der Waals surface area (Å²) in [5.74, 6) is -0.0180. The Morgan fingerprint density at radius 2 is 1.78 bits per heavy atom. The molecule has 0 aliphatic carbocycles. The summed E-state index contributed by atoms with van der Waals surface area (Å²) in [6.45, 7) is 0.665. The highest BCUT2D eigenvalue weighted by molar-refractivity contribution is 7.80. The smallest absolute Gasteiger partial charge is 0.395 e. The molecule has 3 rings (SSSR count). The van der Waals surface area contributed by atoms with Gasteiger partial charge in [0.1, 0.15) is 0 Å². The fourth-order valence-corrected chi connectivity index (χ4v) is 2.39. The Morgan fingerprint density at radius 3 is 2.57 bits per heavy atom. The summed E-state index contributed by atoms with van der Waals surface area (Å²) in [7, 11) is 0. The lowest BCUT2D eigenvalue weighted by Crippen LogP contribution is -2.30. The lowest BCUT2D eigenvalue weighted by molar-refractivity contribution is -0.286.